The molecular formula is C12H12N4S. The zero-order valence-corrected chi connectivity index (χ0v) is 10.7. The topological polar surface area (TPSA) is 43.1 Å². The van der Waals surface area contributed by atoms with Crippen molar-refractivity contribution in [3.63, 3.8) is 0 Å². The maximum absolute atomic E-state index is 4.53. The van der Waals surface area contributed by atoms with Gasteiger partial charge in [-0.15, -0.1) is 10.2 Å². The lowest BCUT2D eigenvalue weighted by Crippen LogP contribution is -1.89. The highest BCUT2D eigenvalue weighted by atomic mass is 32.1. The Morgan fingerprint density at radius 1 is 1.00 bits per heavy atom. The van der Waals surface area contributed by atoms with E-state index in [2.05, 4.69) is 47.3 Å². The first-order valence-corrected chi connectivity index (χ1v) is 6.22. The summed E-state index contributed by atoms with van der Waals surface area (Å²) < 4.78 is 1.79. The van der Waals surface area contributed by atoms with Gasteiger partial charge in [0.15, 0.2) is 5.82 Å². The molecule has 86 valence electrons. The van der Waals surface area contributed by atoms with Gasteiger partial charge >= 0.3 is 0 Å². The molecule has 0 N–H and O–H groups in total. The Morgan fingerprint density at radius 2 is 1.71 bits per heavy atom. The van der Waals surface area contributed by atoms with Gasteiger partial charge < -0.3 is 0 Å². The van der Waals surface area contributed by atoms with Crippen molar-refractivity contribution in [3.8, 4) is 10.6 Å². The molecule has 17 heavy (non-hydrogen) atoms. The molecule has 0 atom stereocenters. The van der Waals surface area contributed by atoms with Crippen molar-refractivity contribution in [2.45, 2.75) is 20.8 Å². The fourth-order valence-electron chi connectivity index (χ4n) is 1.93. The largest absolute Gasteiger partial charge is 0.234 e. The second kappa shape index (κ2) is 3.63. The molecule has 0 aliphatic carbocycles. The summed E-state index contributed by atoms with van der Waals surface area (Å²) in [5.41, 5.74) is 3.66. The molecule has 2 aromatic heterocycles. The van der Waals surface area contributed by atoms with E-state index in [1.54, 1.807) is 15.9 Å². The molecule has 0 saturated heterocycles. The van der Waals surface area contributed by atoms with Crippen molar-refractivity contribution in [1.82, 2.24) is 19.8 Å². The van der Waals surface area contributed by atoms with Gasteiger partial charge in [-0.25, -0.2) is 0 Å². The summed E-state index contributed by atoms with van der Waals surface area (Å²) in [7, 11) is 0. The fraction of sp³-hybridized carbons (Fsp3) is 0.250. The van der Waals surface area contributed by atoms with Crippen molar-refractivity contribution in [2.24, 2.45) is 0 Å². The Balaban J connectivity index is 2.19. The van der Waals surface area contributed by atoms with Crippen LogP contribution >= 0.6 is 11.3 Å². The van der Waals surface area contributed by atoms with E-state index in [0.29, 0.717) is 0 Å². The Bertz CT molecular complexity index is 675. The molecule has 0 bridgehead atoms. The van der Waals surface area contributed by atoms with Crippen LogP contribution in [0.4, 0.5) is 0 Å². The van der Waals surface area contributed by atoms with Gasteiger partial charge in [0.25, 0.3) is 0 Å². The lowest BCUT2D eigenvalue weighted by atomic mass is 10.1. The minimum Gasteiger partial charge on any atom is -0.187 e. The molecule has 2 heterocycles. The van der Waals surface area contributed by atoms with Crippen molar-refractivity contribution in [2.75, 3.05) is 0 Å². The quantitative estimate of drug-likeness (QED) is 0.661. The van der Waals surface area contributed by atoms with E-state index >= 15 is 0 Å². The van der Waals surface area contributed by atoms with Crippen LogP contribution in [0.1, 0.15) is 17.0 Å². The normalized spacial score (nSPS) is 11.2. The summed E-state index contributed by atoms with van der Waals surface area (Å²) in [5, 5.41) is 13.6. The second-order valence-corrected chi connectivity index (χ2v) is 5.18. The van der Waals surface area contributed by atoms with E-state index in [1.165, 1.54) is 11.1 Å². The minimum atomic E-state index is 0.826. The molecular weight excluding hydrogens is 232 g/mol. The Morgan fingerprint density at radius 3 is 2.35 bits per heavy atom. The van der Waals surface area contributed by atoms with E-state index in [9.17, 15) is 0 Å². The third-order valence-electron chi connectivity index (χ3n) is 2.62. The Kier molecular flexibility index (Phi) is 2.22. The molecule has 0 fully saturated rings. The highest BCUT2D eigenvalue weighted by molar-refractivity contribution is 7.19. The first-order chi connectivity index (χ1) is 8.13. The van der Waals surface area contributed by atoms with Crippen LogP contribution in [0.2, 0.25) is 0 Å². The van der Waals surface area contributed by atoms with Crippen molar-refractivity contribution in [3.05, 3.63) is 35.2 Å². The zero-order chi connectivity index (χ0) is 12.0. The van der Waals surface area contributed by atoms with Crippen LogP contribution in [-0.4, -0.2) is 19.8 Å². The molecule has 0 amide bonds. The molecule has 0 unspecified atom stereocenters. The average Bonchev–Trinajstić information content (AvgIpc) is 2.80. The number of hydrogen-bond acceptors (Lipinski definition) is 4. The summed E-state index contributed by atoms with van der Waals surface area (Å²) in [6, 6.07) is 6.46. The van der Waals surface area contributed by atoms with Crippen molar-refractivity contribution in [1.29, 1.82) is 0 Å². The van der Waals surface area contributed by atoms with Gasteiger partial charge in [-0.2, -0.15) is 9.61 Å². The average molecular weight is 244 g/mol. The van der Waals surface area contributed by atoms with Crippen LogP contribution in [0.3, 0.4) is 0 Å². The third kappa shape index (κ3) is 1.72. The van der Waals surface area contributed by atoms with Gasteiger partial charge in [-0.05, 0) is 32.9 Å². The predicted octanol–water partition coefficient (Wildman–Crippen LogP) is 2.78. The lowest BCUT2D eigenvalue weighted by Gasteiger charge is -2.00. The summed E-state index contributed by atoms with van der Waals surface area (Å²) in [6.45, 7) is 6.11. The zero-order valence-electron chi connectivity index (χ0n) is 9.93. The number of fused-ring (bicyclic) bond motifs is 1. The SMILES string of the molecule is Cc1cc(C)cc(-c2nn3c(C)nnc3s2)c1. The molecule has 1 aromatic carbocycles. The third-order valence-corrected chi connectivity index (χ3v) is 3.56. The molecule has 3 aromatic rings. The first-order valence-electron chi connectivity index (χ1n) is 5.41. The molecule has 3 rings (SSSR count). The molecule has 4 nitrogen and oxygen atoms in total. The summed E-state index contributed by atoms with van der Waals surface area (Å²) in [5.74, 6) is 0.826. The van der Waals surface area contributed by atoms with Gasteiger partial charge in [0.2, 0.25) is 4.96 Å². The molecule has 0 aliphatic heterocycles. The van der Waals surface area contributed by atoms with Crippen LogP contribution in [-0.2, 0) is 0 Å². The van der Waals surface area contributed by atoms with Crippen LogP contribution < -0.4 is 0 Å². The summed E-state index contributed by atoms with van der Waals surface area (Å²) >= 11 is 1.57. The molecule has 0 saturated carbocycles. The molecule has 5 heteroatoms. The number of aromatic nitrogens is 4. The van der Waals surface area contributed by atoms with Crippen LogP contribution in [0.15, 0.2) is 18.2 Å². The van der Waals surface area contributed by atoms with Crippen LogP contribution in [0, 0.1) is 20.8 Å². The lowest BCUT2D eigenvalue weighted by molar-refractivity contribution is 0.897. The summed E-state index contributed by atoms with van der Waals surface area (Å²) in [6.07, 6.45) is 0. The Hall–Kier alpha value is -1.75. The monoisotopic (exact) mass is 244 g/mol. The number of aryl methyl sites for hydroxylation is 3. The fourth-order valence-corrected chi connectivity index (χ4v) is 2.80. The highest BCUT2D eigenvalue weighted by Crippen LogP contribution is 2.26. The van der Waals surface area contributed by atoms with Gasteiger partial charge in [-0.3, -0.25) is 0 Å². The van der Waals surface area contributed by atoms with Crippen molar-refractivity contribution >= 4 is 16.3 Å². The summed E-state index contributed by atoms with van der Waals surface area (Å²) in [4.78, 5) is 0.844. The van der Waals surface area contributed by atoms with E-state index < -0.39 is 0 Å². The van der Waals surface area contributed by atoms with E-state index in [4.69, 9.17) is 0 Å². The maximum Gasteiger partial charge on any atom is 0.234 e. The van der Waals surface area contributed by atoms with Crippen LogP contribution in [0.25, 0.3) is 15.5 Å². The van der Waals surface area contributed by atoms with Gasteiger partial charge in [0.1, 0.15) is 5.01 Å². The smallest absolute Gasteiger partial charge is 0.187 e. The highest BCUT2D eigenvalue weighted by Gasteiger charge is 2.10. The van der Waals surface area contributed by atoms with E-state index in [1.807, 2.05) is 6.92 Å². The number of nitrogens with zero attached hydrogens (tertiary/aromatic N) is 4. The molecule has 0 spiro atoms. The van der Waals surface area contributed by atoms with Crippen LogP contribution in [0.5, 0.6) is 0 Å². The molecule has 0 aliphatic rings. The standard InChI is InChI=1S/C12H12N4S/c1-7-4-8(2)6-10(5-7)11-15-16-9(3)13-14-12(16)17-11/h4-6H,1-3H3. The van der Waals surface area contributed by atoms with Gasteiger partial charge in [0, 0.05) is 5.56 Å². The van der Waals surface area contributed by atoms with E-state index in [-0.39, 0.29) is 0 Å². The van der Waals surface area contributed by atoms with Crippen molar-refractivity contribution < 1.29 is 0 Å². The minimum absolute atomic E-state index is 0.826. The maximum atomic E-state index is 4.53. The predicted molar refractivity (Wildman–Crippen MR) is 68.3 cm³/mol. The van der Waals surface area contributed by atoms with Gasteiger partial charge in [-0.1, -0.05) is 28.5 Å². The number of benzene rings is 1. The van der Waals surface area contributed by atoms with Gasteiger partial charge in [0.05, 0.1) is 0 Å². The number of rotatable bonds is 1. The van der Waals surface area contributed by atoms with E-state index in [0.717, 1.165) is 21.4 Å². The second-order valence-electron chi connectivity index (χ2n) is 4.23. The number of hydrogen-bond donors (Lipinski definition) is 0. The first kappa shape index (κ1) is 10.4. The molecule has 0 radical (unpaired) electrons. The Labute approximate surface area is 103 Å².